The second-order valence-corrected chi connectivity index (χ2v) is 1.75. The van der Waals surface area contributed by atoms with Crippen LogP contribution in [0.3, 0.4) is 0 Å². The standard InChI is InChI=1S/C6H8F2O2/c1-4(2)6(9)10-5(8)3-7/h5H,1,3H2,2H3. The minimum atomic E-state index is -2.16. The van der Waals surface area contributed by atoms with Crippen LogP contribution in [0.1, 0.15) is 6.92 Å². The van der Waals surface area contributed by atoms with E-state index in [1.54, 1.807) is 0 Å². The molecule has 1 atom stereocenters. The fourth-order valence-electron chi connectivity index (χ4n) is 0.248. The molecular weight excluding hydrogens is 142 g/mol. The largest absolute Gasteiger partial charge is 0.425 e. The van der Waals surface area contributed by atoms with E-state index in [1.165, 1.54) is 6.92 Å². The molecule has 0 spiro atoms. The van der Waals surface area contributed by atoms with E-state index in [2.05, 4.69) is 11.3 Å². The van der Waals surface area contributed by atoms with Gasteiger partial charge in [-0.05, 0) is 6.92 Å². The van der Waals surface area contributed by atoms with Gasteiger partial charge in [0.15, 0.2) is 6.67 Å². The van der Waals surface area contributed by atoms with Gasteiger partial charge >= 0.3 is 5.97 Å². The average Bonchev–Trinajstić information content (AvgIpc) is 1.87. The van der Waals surface area contributed by atoms with E-state index in [0.29, 0.717) is 0 Å². The van der Waals surface area contributed by atoms with Gasteiger partial charge in [-0.25, -0.2) is 9.18 Å². The van der Waals surface area contributed by atoms with Crippen LogP contribution in [0.5, 0.6) is 0 Å². The van der Waals surface area contributed by atoms with E-state index < -0.39 is 19.0 Å². The molecule has 10 heavy (non-hydrogen) atoms. The van der Waals surface area contributed by atoms with Crippen LogP contribution in [-0.4, -0.2) is 19.0 Å². The first kappa shape index (κ1) is 9.07. The number of carbonyl (C=O) groups is 1. The van der Waals surface area contributed by atoms with Crippen molar-refractivity contribution in [3.8, 4) is 0 Å². The molecular formula is C6H8F2O2. The van der Waals surface area contributed by atoms with Crippen molar-refractivity contribution >= 4 is 5.97 Å². The molecule has 1 unspecified atom stereocenters. The van der Waals surface area contributed by atoms with E-state index >= 15 is 0 Å². The molecule has 0 aromatic rings. The van der Waals surface area contributed by atoms with Gasteiger partial charge in [-0.1, -0.05) is 6.58 Å². The second kappa shape index (κ2) is 3.98. The van der Waals surface area contributed by atoms with Crippen LogP contribution >= 0.6 is 0 Å². The summed E-state index contributed by atoms with van der Waals surface area (Å²) in [5.74, 6) is -0.912. The molecule has 0 aliphatic heterocycles. The maximum absolute atomic E-state index is 11.9. The van der Waals surface area contributed by atoms with E-state index in [-0.39, 0.29) is 5.57 Å². The lowest BCUT2D eigenvalue weighted by molar-refractivity contribution is -0.154. The van der Waals surface area contributed by atoms with Gasteiger partial charge < -0.3 is 4.74 Å². The molecule has 0 aliphatic carbocycles. The van der Waals surface area contributed by atoms with Crippen LogP contribution < -0.4 is 0 Å². The summed E-state index contributed by atoms with van der Waals surface area (Å²) in [6.07, 6.45) is -2.16. The Morgan fingerprint density at radius 2 is 2.30 bits per heavy atom. The highest BCUT2D eigenvalue weighted by Gasteiger charge is 2.11. The summed E-state index contributed by atoms with van der Waals surface area (Å²) in [5.41, 5.74) is 0.0519. The molecule has 0 radical (unpaired) electrons. The first-order chi connectivity index (χ1) is 4.57. The summed E-state index contributed by atoms with van der Waals surface area (Å²) in [6.45, 7) is 3.21. The van der Waals surface area contributed by atoms with Gasteiger partial charge in [0, 0.05) is 5.57 Å². The summed E-state index contributed by atoms with van der Waals surface area (Å²) in [4.78, 5) is 10.4. The minimum Gasteiger partial charge on any atom is -0.425 e. The number of alkyl halides is 2. The molecule has 0 aromatic carbocycles. The van der Waals surface area contributed by atoms with Gasteiger partial charge in [0.2, 0.25) is 0 Å². The highest BCUT2D eigenvalue weighted by atomic mass is 19.2. The molecule has 0 aliphatic rings. The zero-order chi connectivity index (χ0) is 8.15. The molecule has 0 amide bonds. The van der Waals surface area contributed by atoms with E-state index in [0.717, 1.165) is 0 Å². The van der Waals surface area contributed by atoms with Crippen molar-refractivity contribution in [1.82, 2.24) is 0 Å². The quantitative estimate of drug-likeness (QED) is 0.448. The first-order valence-corrected chi connectivity index (χ1v) is 2.64. The molecule has 0 saturated carbocycles. The number of esters is 1. The smallest absolute Gasteiger partial charge is 0.335 e. The van der Waals surface area contributed by atoms with Gasteiger partial charge in [-0.3, -0.25) is 0 Å². The van der Waals surface area contributed by atoms with E-state index in [1.807, 2.05) is 0 Å². The monoisotopic (exact) mass is 150 g/mol. The zero-order valence-corrected chi connectivity index (χ0v) is 5.56. The Labute approximate surface area is 57.5 Å². The molecule has 4 heteroatoms. The lowest BCUT2D eigenvalue weighted by atomic mass is 10.4. The molecule has 0 aromatic heterocycles. The third kappa shape index (κ3) is 3.17. The van der Waals surface area contributed by atoms with Crippen LogP contribution in [0.25, 0.3) is 0 Å². The second-order valence-electron chi connectivity index (χ2n) is 1.75. The van der Waals surface area contributed by atoms with Gasteiger partial charge in [-0.15, -0.1) is 0 Å². The Kier molecular flexibility index (Phi) is 3.61. The summed E-state index contributed by atoms with van der Waals surface area (Å²) in [7, 11) is 0. The molecule has 0 bridgehead atoms. The molecule has 58 valence electrons. The molecule has 2 nitrogen and oxygen atoms in total. The Balaban J connectivity index is 3.68. The Morgan fingerprint density at radius 1 is 1.80 bits per heavy atom. The predicted octanol–water partition coefficient (Wildman–Crippen LogP) is 1.37. The van der Waals surface area contributed by atoms with Gasteiger partial charge in [0.1, 0.15) is 0 Å². The van der Waals surface area contributed by atoms with Crippen molar-refractivity contribution in [3.63, 3.8) is 0 Å². The highest BCUT2D eigenvalue weighted by Crippen LogP contribution is 1.99. The summed E-state index contributed by atoms with van der Waals surface area (Å²) >= 11 is 0. The SMILES string of the molecule is C=C(C)C(=O)OC(F)CF. The van der Waals surface area contributed by atoms with E-state index in [4.69, 9.17) is 0 Å². The molecule has 0 rings (SSSR count). The third-order valence-corrected chi connectivity index (χ3v) is 0.705. The van der Waals surface area contributed by atoms with Crippen molar-refractivity contribution in [2.24, 2.45) is 0 Å². The number of rotatable bonds is 3. The Morgan fingerprint density at radius 3 is 2.60 bits per heavy atom. The topological polar surface area (TPSA) is 26.3 Å². The van der Waals surface area contributed by atoms with Crippen molar-refractivity contribution in [3.05, 3.63) is 12.2 Å². The Hall–Kier alpha value is -0.930. The molecule has 0 N–H and O–H groups in total. The average molecular weight is 150 g/mol. The summed E-state index contributed by atoms with van der Waals surface area (Å²) in [6, 6.07) is 0. The van der Waals surface area contributed by atoms with E-state index in [9.17, 15) is 13.6 Å². The lowest BCUT2D eigenvalue weighted by Gasteiger charge is -2.04. The number of hydrogen-bond donors (Lipinski definition) is 0. The number of ether oxygens (including phenoxy) is 1. The third-order valence-electron chi connectivity index (χ3n) is 0.705. The van der Waals surface area contributed by atoms with Crippen LogP contribution in [0.2, 0.25) is 0 Å². The molecule has 0 saturated heterocycles. The van der Waals surface area contributed by atoms with Crippen molar-refractivity contribution in [2.75, 3.05) is 6.67 Å². The van der Waals surface area contributed by atoms with Crippen LogP contribution in [0.15, 0.2) is 12.2 Å². The molecule has 0 heterocycles. The predicted molar refractivity (Wildman–Crippen MR) is 31.8 cm³/mol. The highest BCUT2D eigenvalue weighted by molar-refractivity contribution is 5.86. The van der Waals surface area contributed by atoms with Gasteiger partial charge in [-0.2, -0.15) is 4.39 Å². The fourth-order valence-corrected chi connectivity index (χ4v) is 0.248. The number of halogens is 2. The zero-order valence-electron chi connectivity index (χ0n) is 5.56. The molecule has 0 fully saturated rings. The summed E-state index contributed by atoms with van der Waals surface area (Å²) < 4.78 is 27.1. The number of carbonyl (C=O) groups excluding carboxylic acids is 1. The van der Waals surface area contributed by atoms with Crippen molar-refractivity contribution in [2.45, 2.75) is 13.3 Å². The van der Waals surface area contributed by atoms with Crippen molar-refractivity contribution in [1.29, 1.82) is 0 Å². The minimum absolute atomic E-state index is 0.0519. The maximum atomic E-state index is 11.9. The van der Waals surface area contributed by atoms with Crippen LogP contribution in [-0.2, 0) is 9.53 Å². The van der Waals surface area contributed by atoms with Crippen LogP contribution in [0, 0.1) is 0 Å². The normalized spacial score (nSPS) is 12.3. The van der Waals surface area contributed by atoms with Crippen molar-refractivity contribution < 1.29 is 18.3 Å². The Bertz CT molecular complexity index is 145. The van der Waals surface area contributed by atoms with Crippen LogP contribution in [0.4, 0.5) is 8.78 Å². The maximum Gasteiger partial charge on any atom is 0.335 e. The summed E-state index contributed by atoms with van der Waals surface area (Å²) in [5, 5.41) is 0. The van der Waals surface area contributed by atoms with Gasteiger partial charge in [0.05, 0.1) is 0 Å². The number of hydrogen-bond acceptors (Lipinski definition) is 2. The van der Waals surface area contributed by atoms with Gasteiger partial charge in [0.25, 0.3) is 6.36 Å². The first-order valence-electron chi connectivity index (χ1n) is 2.64. The fraction of sp³-hybridized carbons (Fsp3) is 0.500. The lowest BCUT2D eigenvalue weighted by Crippen LogP contribution is -2.15.